The molecule has 0 bridgehead atoms. The summed E-state index contributed by atoms with van der Waals surface area (Å²) in [7, 11) is 3.43. The predicted molar refractivity (Wildman–Crippen MR) is 117 cm³/mol. The molecule has 1 aliphatic rings. The Morgan fingerprint density at radius 1 is 0.733 bits per heavy atom. The highest BCUT2D eigenvalue weighted by molar-refractivity contribution is 5.27. The van der Waals surface area contributed by atoms with Crippen LogP contribution in [0.2, 0.25) is 0 Å². The fourth-order valence-corrected chi connectivity index (χ4v) is 4.54. The van der Waals surface area contributed by atoms with E-state index < -0.39 is 0 Å². The lowest BCUT2D eigenvalue weighted by molar-refractivity contribution is -1.16. The van der Waals surface area contributed by atoms with Crippen molar-refractivity contribution in [3.63, 3.8) is 0 Å². The highest BCUT2D eigenvalue weighted by Gasteiger charge is 2.37. The van der Waals surface area contributed by atoms with E-state index in [9.17, 15) is 0 Å². The third-order valence-electron chi connectivity index (χ3n) is 6.03. The van der Waals surface area contributed by atoms with Crippen LogP contribution in [-0.4, -0.2) is 32.3 Å². The van der Waals surface area contributed by atoms with Gasteiger partial charge in [-0.25, -0.2) is 0 Å². The summed E-state index contributed by atoms with van der Waals surface area (Å²) in [5, 5.41) is 0. The number of nitrogens with one attached hydrogen (secondary N) is 2. The van der Waals surface area contributed by atoms with Gasteiger partial charge in [0.25, 0.3) is 0 Å². The standard InChI is InChI=1S/C25H29N3O2/c1-29-23-8-4-20(5-9-23)18-27-16-3-17-28(25(27)22-12-14-26-15-13-22)19-21-6-10-24(30-2)11-7-21/h4-15,25H,3,16-19H2,1-2H3/p+2. The molecule has 4 rings (SSSR count). The maximum absolute atomic E-state index is 5.32. The first-order chi connectivity index (χ1) is 14.8. The fraction of sp³-hybridized carbons (Fsp3) is 0.320. The lowest BCUT2D eigenvalue weighted by Crippen LogP contribution is -3.32. The minimum Gasteiger partial charge on any atom is -0.497 e. The lowest BCUT2D eigenvalue weighted by atomic mass is 10.0. The van der Waals surface area contributed by atoms with Crippen molar-refractivity contribution in [2.75, 3.05) is 27.3 Å². The summed E-state index contributed by atoms with van der Waals surface area (Å²) in [5.74, 6) is 1.81. The van der Waals surface area contributed by atoms with Crippen LogP contribution in [0.1, 0.15) is 29.3 Å². The number of rotatable bonds is 7. The molecule has 0 radical (unpaired) electrons. The van der Waals surface area contributed by atoms with Crippen molar-refractivity contribution in [1.29, 1.82) is 0 Å². The summed E-state index contributed by atoms with van der Waals surface area (Å²) in [6.45, 7) is 4.35. The van der Waals surface area contributed by atoms with Crippen LogP contribution >= 0.6 is 0 Å². The zero-order chi connectivity index (χ0) is 20.8. The third-order valence-corrected chi connectivity index (χ3v) is 6.03. The Kier molecular flexibility index (Phi) is 6.62. The van der Waals surface area contributed by atoms with E-state index in [-0.39, 0.29) is 0 Å². The zero-order valence-corrected chi connectivity index (χ0v) is 17.8. The Balaban J connectivity index is 1.58. The Bertz CT molecular complexity index is 856. The Labute approximate surface area is 178 Å². The van der Waals surface area contributed by atoms with Gasteiger partial charge in [0, 0.05) is 29.9 Å². The SMILES string of the molecule is COc1ccc(C[NH+]2CCC[NH+](Cc3ccc(OC)cc3)C2c2ccncc2)cc1. The highest BCUT2D eigenvalue weighted by Crippen LogP contribution is 2.13. The number of hydrogen-bond donors (Lipinski definition) is 2. The number of hydrogen-bond acceptors (Lipinski definition) is 3. The van der Waals surface area contributed by atoms with Gasteiger partial charge >= 0.3 is 0 Å². The molecule has 1 aliphatic heterocycles. The summed E-state index contributed by atoms with van der Waals surface area (Å²) < 4.78 is 10.6. The molecule has 1 aromatic heterocycles. The predicted octanol–water partition coefficient (Wildman–Crippen LogP) is 1.67. The molecule has 2 atom stereocenters. The van der Waals surface area contributed by atoms with Gasteiger partial charge in [0.05, 0.1) is 32.9 Å². The number of quaternary nitrogens is 2. The second-order valence-electron chi connectivity index (χ2n) is 7.93. The van der Waals surface area contributed by atoms with E-state index in [1.165, 1.54) is 36.2 Å². The first-order valence-corrected chi connectivity index (χ1v) is 10.6. The van der Waals surface area contributed by atoms with Gasteiger partial charge in [0.1, 0.15) is 24.6 Å². The molecule has 2 heterocycles. The first-order valence-electron chi connectivity index (χ1n) is 10.6. The molecule has 1 fully saturated rings. The first kappa shape index (κ1) is 20.4. The van der Waals surface area contributed by atoms with E-state index in [2.05, 4.69) is 65.6 Å². The van der Waals surface area contributed by atoms with Crippen molar-refractivity contribution in [2.45, 2.75) is 25.7 Å². The van der Waals surface area contributed by atoms with Gasteiger partial charge in [-0.2, -0.15) is 0 Å². The topological polar surface area (TPSA) is 40.2 Å². The summed E-state index contributed by atoms with van der Waals surface area (Å²) >= 11 is 0. The maximum Gasteiger partial charge on any atom is 0.240 e. The Hall–Kier alpha value is -2.89. The molecule has 5 nitrogen and oxygen atoms in total. The van der Waals surface area contributed by atoms with Crippen molar-refractivity contribution in [2.24, 2.45) is 0 Å². The Morgan fingerprint density at radius 2 is 1.20 bits per heavy atom. The number of methoxy groups -OCH3 is 2. The minimum absolute atomic E-state index is 0.381. The van der Waals surface area contributed by atoms with E-state index in [1.54, 1.807) is 24.0 Å². The third kappa shape index (κ3) is 4.81. The van der Waals surface area contributed by atoms with E-state index in [0.29, 0.717) is 6.17 Å². The van der Waals surface area contributed by atoms with Crippen molar-refractivity contribution < 1.29 is 19.3 Å². The van der Waals surface area contributed by atoms with Crippen molar-refractivity contribution in [3.8, 4) is 11.5 Å². The van der Waals surface area contributed by atoms with Crippen LogP contribution in [-0.2, 0) is 13.1 Å². The maximum atomic E-state index is 5.32. The molecular formula is C25H31N3O2+2. The van der Waals surface area contributed by atoms with Crippen molar-refractivity contribution >= 4 is 0 Å². The molecule has 156 valence electrons. The van der Waals surface area contributed by atoms with Crippen LogP contribution in [0.3, 0.4) is 0 Å². The van der Waals surface area contributed by atoms with Gasteiger partial charge < -0.3 is 9.47 Å². The van der Waals surface area contributed by atoms with Gasteiger partial charge in [-0.1, -0.05) is 0 Å². The average molecular weight is 406 g/mol. The molecule has 1 saturated heterocycles. The molecule has 2 unspecified atom stereocenters. The molecule has 2 N–H and O–H groups in total. The smallest absolute Gasteiger partial charge is 0.240 e. The van der Waals surface area contributed by atoms with Crippen molar-refractivity contribution in [3.05, 3.63) is 89.7 Å². The summed E-state index contributed by atoms with van der Waals surface area (Å²) in [5.41, 5.74) is 4.04. The van der Waals surface area contributed by atoms with E-state index in [0.717, 1.165) is 24.6 Å². The quantitative estimate of drug-likeness (QED) is 0.628. The largest absolute Gasteiger partial charge is 0.497 e. The number of benzene rings is 2. The van der Waals surface area contributed by atoms with Gasteiger partial charge in [-0.15, -0.1) is 0 Å². The number of nitrogens with zero attached hydrogens (tertiary/aromatic N) is 1. The summed E-state index contributed by atoms with van der Waals surface area (Å²) in [4.78, 5) is 7.45. The van der Waals surface area contributed by atoms with E-state index >= 15 is 0 Å². The Morgan fingerprint density at radius 3 is 1.63 bits per heavy atom. The number of ether oxygens (including phenoxy) is 2. The number of aromatic nitrogens is 1. The van der Waals surface area contributed by atoms with Crippen LogP contribution in [0.15, 0.2) is 73.1 Å². The summed E-state index contributed by atoms with van der Waals surface area (Å²) in [6, 6.07) is 21.3. The second kappa shape index (κ2) is 9.74. The van der Waals surface area contributed by atoms with E-state index in [1.807, 2.05) is 12.4 Å². The van der Waals surface area contributed by atoms with Crippen LogP contribution in [0.25, 0.3) is 0 Å². The molecule has 0 saturated carbocycles. The molecule has 0 spiro atoms. The summed E-state index contributed by atoms with van der Waals surface area (Å²) in [6.07, 6.45) is 5.43. The van der Waals surface area contributed by atoms with Crippen LogP contribution in [0, 0.1) is 0 Å². The normalized spacial score (nSPS) is 21.2. The second-order valence-corrected chi connectivity index (χ2v) is 7.93. The van der Waals surface area contributed by atoms with Crippen molar-refractivity contribution in [1.82, 2.24) is 4.98 Å². The molecular weight excluding hydrogens is 374 g/mol. The molecule has 2 aromatic carbocycles. The number of pyridine rings is 1. The molecule has 30 heavy (non-hydrogen) atoms. The zero-order valence-electron chi connectivity index (χ0n) is 17.8. The van der Waals surface area contributed by atoms with E-state index in [4.69, 9.17) is 9.47 Å². The van der Waals surface area contributed by atoms with Crippen LogP contribution < -0.4 is 19.3 Å². The van der Waals surface area contributed by atoms with Gasteiger partial charge in [-0.3, -0.25) is 14.8 Å². The molecule has 0 aliphatic carbocycles. The van der Waals surface area contributed by atoms with Gasteiger partial charge in [0.15, 0.2) is 0 Å². The lowest BCUT2D eigenvalue weighted by Gasteiger charge is -2.38. The van der Waals surface area contributed by atoms with Crippen LogP contribution in [0.4, 0.5) is 0 Å². The van der Waals surface area contributed by atoms with Crippen LogP contribution in [0.5, 0.6) is 11.5 Å². The highest BCUT2D eigenvalue weighted by atomic mass is 16.5. The van der Waals surface area contributed by atoms with Gasteiger partial charge in [0.2, 0.25) is 6.17 Å². The average Bonchev–Trinajstić information content (AvgIpc) is 2.81. The monoisotopic (exact) mass is 405 g/mol. The fourth-order valence-electron chi connectivity index (χ4n) is 4.54. The molecule has 5 heteroatoms. The molecule has 0 amide bonds. The molecule has 3 aromatic rings. The van der Waals surface area contributed by atoms with Gasteiger partial charge in [-0.05, 0) is 60.7 Å². The minimum atomic E-state index is 0.381.